The Morgan fingerprint density at radius 2 is 2.00 bits per heavy atom. The van der Waals surface area contributed by atoms with Gasteiger partial charge in [-0.2, -0.15) is 0 Å². The fourth-order valence-electron chi connectivity index (χ4n) is 2.11. The standard InChI is InChI=1S/C16H20ClN3/c1-11(2)7-14-10-15(18-3)20-16(19-14)9-12-5-4-6-13(17)8-12/h4-6,8,10-11H,7,9H2,1-3H3,(H,18,19,20). The molecule has 20 heavy (non-hydrogen) atoms. The van der Waals surface area contributed by atoms with Crippen molar-refractivity contribution in [3.63, 3.8) is 0 Å². The molecular formula is C16H20ClN3. The number of benzene rings is 1. The van der Waals surface area contributed by atoms with E-state index >= 15 is 0 Å². The van der Waals surface area contributed by atoms with Crippen molar-refractivity contribution < 1.29 is 0 Å². The van der Waals surface area contributed by atoms with Crippen LogP contribution in [0.1, 0.15) is 30.9 Å². The minimum Gasteiger partial charge on any atom is -0.373 e. The van der Waals surface area contributed by atoms with E-state index in [9.17, 15) is 0 Å². The second-order valence-electron chi connectivity index (χ2n) is 5.32. The van der Waals surface area contributed by atoms with E-state index in [1.165, 1.54) is 0 Å². The van der Waals surface area contributed by atoms with Gasteiger partial charge in [0.25, 0.3) is 0 Å². The molecule has 0 atom stereocenters. The normalized spacial score (nSPS) is 10.8. The van der Waals surface area contributed by atoms with Crippen LogP contribution in [-0.2, 0) is 12.8 Å². The Hall–Kier alpha value is -1.61. The van der Waals surface area contributed by atoms with Crippen LogP contribution in [0.2, 0.25) is 5.02 Å². The van der Waals surface area contributed by atoms with E-state index in [1.807, 2.05) is 37.4 Å². The quantitative estimate of drug-likeness (QED) is 0.905. The summed E-state index contributed by atoms with van der Waals surface area (Å²) in [5.41, 5.74) is 2.21. The highest BCUT2D eigenvalue weighted by Gasteiger charge is 2.07. The first-order valence-electron chi connectivity index (χ1n) is 6.86. The summed E-state index contributed by atoms with van der Waals surface area (Å²) in [6, 6.07) is 9.85. The molecule has 0 aliphatic rings. The number of nitrogens with one attached hydrogen (secondary N) is 1. The van der Waals surface area contributed by atoms with Crippen LogP contribution in [-0.4, -0.2) is 17.0 Å². The first-order valence-corrected chi connectivity index (χ1v) is 7.23. The molecule has 0 bridgehead atoms. The van der Waals surface area contributed by atoms with Crippen LogP contribution >= 0.6 is 11.6 Å². The number of anilines is 1. The van der Waals surface area contributed by atoms with Crippen molar-refractivity contribution in [1.82, 2.24) is 9.97 Å². The van der Waals surface area contributed by atoms with Crippen molar-refractivity contribution in [2.75, 3.05) is 12.4 Å². The third-order valence-electron chi connectivity index (χ3n) is 2.95. The number of halogens is 1. The molecule has 0 spiro atoms. The molecule has 0 amide bonds. The molecule has 2 aromatic rings. The number of nitrogens with zero attached hydrogens (tertiary/aromatic N) is 2. The van der Waals surface area contributed by atoms with E-state index in [0.717, 1.165) is 34.3 Å². The summed E-state index contributed by atoms with van der Waals surface area (Å²) < 4.78 is 0. The van der Waals surface area contributed by atoms with Crippen LogP contribution in [0.4, 0.5) is 5.82 Å². The van der Waals surface area contributed by atoms with Crippen molar-refractivity contribution in [1.29, 1.82) is 0 Å². The average molecular weight is 290 g/mol. The van der Waals surface area contributed by atoms with Gasteiger partial charge in [-0.1, -0.05) is 37.6 Å². The zero-order valence-electron chi connectivity index (χ0n) is 12.2. The van der Waals surface area contributed by atoms with Crippen molar-refractivity contribution in [3.8, 4) is 0 Å². The topological polar surface area (TPSA) is 37.8 Å². The van der Waals surface area contributed by atoms with Crippen molar-refractivity contribution in [2.24, 2.45) is 5.92 Å². The SMILES string of the molecule is CNc1cc(CC(C)C)nc(Cc2cccc(Cl)c2)n1. The summed E-state index contributed by atoms with van der Waals surface area (Å²) in [5, 5.41) is 3.85. The van der Waals surface area contributed by atoms with Gasteiger partial charge in [-0.3, -0.25) is 0 Å². The van der Waals surface area contributed by atoms with E-state index in [0.29, 0.717) is 12.3 Å². The predicted molar refractivity (Wildman–Crippen MR) is 84.4 cm³/mol. The van der Waals surface area contributed by atoms with E-state index in [2.05, 4.69) is 29.1 Å². The Morgan fingerprint density at radius 3 is 2.65 bits per heavy atom. The first kappa shape index (κ1) is 14.8. The van der Waals surface area contributed by atoms with Crippen LogP contribution in [0.25, 0.3) is 0 Å². The lowest BCUT2D eigenvalue weighted by molar-refractivity contribution is 0.631. The lowest BCUT2D eigenvalue weighted by Crippen LogP contribution is -2.06. The molecule has 0 unspecified atom stereocenters. The molecule has 106 valence electrons. The van der Waals surface area contributed by atoms with E-state index < -0.39 is 0 Å². The number of aromatic nitrogens is 2. The molecule has 0 saturated heterocycles. The molecule has 1 aromatic carbocycles. The van der Waals surface area contributed by atoms with Gasteiger partial charge in [0, 0.05) is 30.3 Å². The Morgan fingerprint density at radius 1 is 1.20 bits per heavy atom. The van der Waals surface area contributed by atoms with Gasteiger partial charge in [0.05, 0.1) is 0 Å². The Labute approximate surface area is 125 Å². The van der Waals surface area contributed by atoms with Crippen LogP contribution in [0.3, 0.4) is 0 Å². The highest BCUT2D eigenvalue weighted by molar-refractivity contribution is 6.30. The Balaban J connectivity index is 2.26. The van der Waals surface area contributed by atoms with Crippen molar-refractivity contribution in [3.05, 3.63) is 52.4 Å². The summed E-state index contributed by atoms with van der Waals surface area (Å²) in [6.07, 6.45) is 1.65. The summed E-state index contributed by atoms with van der Waals surface area (Å²) in [7, 11) is 1.88. The Bertz CT molecular complexity index is 582. The molecule has 0 aliphatic heterocycles. The van der Waals surface area contributed by atoms with Gasteiger partial charge in [0.15, 0.2) is 0 Å². The maximum absolute atomic E-state index is 6.02. The van der Waals surface area contributed by atoms with E-state index in [4.69, 9.17) is 11.6 Å². The molecule has 1 N–H and O–H groups in total. The molecule has 0 radical (unpaired) electrons. The monoisotopic (exact) mass is 289 g/mol. The number of hydrogen-bond acceptors (Lipinski definition) is 3. The molecule has 4 heteroatoms. The molecule has 1 heterocycles. The maximum Gasteiger partial charge on any atom is 0.135 e. The summed E-state index contributed by atoms with van der Waals surface area (Å²) in [4.78, 5) is 9.17. The number of rotatable bonds is 5. The maximum atomic E-state index is 6.02. The van der Waals surface area contributed by atoms with Gasteiger partial charge >= 0.3 is 0 Å². The van der Waals surface area contributed by atoms with Gasteiger partial charge in [-0.05, 0) is 30.0 Å². The largest absolute Gasteiger partial charge is 0.373 e. The second-order valence-corrected chi connectivity index (χ2v) is 5.75. The highest BCUT2D eigenvalue weighted by atomic mass is 35.5. The smallest absolute Gasteiger partial charge is 0.135 e. The number of hydrogen-bond donors (Lipinski definition) is 1. The van der Waals surface area contributed by atoms with Crippen LogP contribution < -0.4 is 5.32 Å². The molecule has 0 saturated carbocycles. The van der Waals surface area contributed by atoms with Crippen molar-refractivity contribution >= 4 is 17.4 Å². The fourth-order valence-corrected chi connectivity index (χ4v) is 2.32. The van der Waals surface area contributed by atoms with Crippen LogP contribution in [0.15, 0.2) is 30.3 Å². The minimum atomic E-state index is 0.577. The molecule has 2 rings (SSSR count). The predicted octanol–water partition coefficient (Wildman–Crippen LogP) is 3.96. The molecule has 0 aliphatic carbocycles. The minimum absolute atomic E-state index is 0.577. The molecule has 3 nitrogen and oxygen atoms in total. The van der Waals surface area contributed by atoms with Crippen LogP contribution in [0.5, 0.6) is 0 Å². The molecular weight excluding hydrogens is 270 g/mol. The van der Waals surface area contributed by atoms with E-state index in [1.54, 1.807) is 0 Å². The molecule has 0 fully saturated rings. The zero-order chi connectivity index (χ0) is 14.5. The van der Waals surface area contributed by atoms with Gasteiger partial charge in [-0.15, -0.1) is 0 Å². The lowest BCUT2D eigenvalue weighted by Gasteiger charge is -2.09. The van der Waals surface area contributed by atoms with Crippen molar-refractivity contribution in [2.45, 2.75) is 26.7 Å². The molecule has 1 aromatic heterocycles. The van der Waals surface area contributed by atoms with Gasteiger partial charge < -0.3 is 5.32 Å². The Kier molecular flexibility index (Phi) is 4.96. The summed E-state index contributed by atoms with van der Waals surface area (Å²) >= 11 is 6.02. The van der Waals surface area contributed by atoms with Gasteiger partial charge in [0.2, 0.25) is 0 Å². The van der Waals surface area contributed by atoms with E-state index in [-0.39, 0.29) is 0 Å². The van der Waals surface area contributed by atoms with Gasteiger partial charge in [0.1, 0.15) is 11.6 Å². The van der Waals surface area contributed by atoms with Crippen LogP contribution in [0, 0.1) is 5.92 Å². The third-order valence-corrected chi connectivity index (χ3v) is 3.19. The summed E-state index contributed by atoms with van der Waals surface area (Å²) in [5.74, 6) is 2.27. The lowest BCUT2D eigenvalue weighted by atomic mass is 10.1. The zero-order valence-corrected chi connectivity index (χ0v) is 12.9. The second kappa shape index (κ2) is 6.71. The fraction of sp³-hybridized carbons (Fsp3) is 0.375. The summed E-state index contributed by atoms with van der Waals surface area (Å²) in [6.45, 7) is 4.38. The highest BCUT2D eigenvalue weighted by Crippen LogP contribution is 2.16. The average Bonchev–Trinajstić information content (AvgIpc) is 2.37. The third kappa shape index (κ3) is 4.20. The van der Waals surface area contributed by atoms with Gasteiger partial charge in [-0.25, -0.2) is 9.97 Å². The first-order chi connectivity index (χ1) is 9.56.